The number of rotatable bonds is 5. The van der Waals surface area contributed by atoms with Crippen molar-refractivity contribution in [2.24, 2.45) is 21.7 Å². The zero-order chi connectivity index (χ0) is 13.5. The van der Waals surface area contributed by atoms with Crippen molar-refractivity contribution in [2.45, 2.75) is 20.0 Å². The highest BCUT2D eigenvalue weighted by Gasteiger charge is 2.06. The second-order valence-corrected chi connectivity index (χ2v) is 3.85. The van der Waals surface area contributed by atoms with E-state index < -0.39 is 0 Å². The number of nitrogens with two attached hydrogens (primary N) is 2. The van der Waals surface area contributed by atoms with Crippen LogP contribution in [-0.4, -0.2) is 25.4 Å². The monoisotopic (exact) mass is 250 g/mol. The molecule has 0 spiro atoms. The van der Waals surface area contributed by atoms with Gasteiger partial charge in [-0.3, -0.25) is 0 Å². The lowest BCUT2D eigenvalue weighted by Crippen LogP contribution is -2.21. The second-order valence-electron chi connectivity index (χ2n) is 3.85. The molecule has 6 nitrogen and oxygen atoms in total. The highest BCUT2D eigenvalue weighted by molar-refractivity contribution is 5.82. The van der Waals surface area contributed by atoms with Gasteiger partial charge >= 0.3 is 0 Å². The molecule has 98 valence electrons. The first kappa shape index (κ1) is 13.8. The van der Waals surface area contributed by atoms with Crippen molar-refractivity contribution < 1.29 is 9.47 Å². The molecule has 1 aromatic rings. The summed E-state index contributed by atoms with van der Waals surface area (Å²) in [4.78, 5) is 0. The van der Waals surface area contributed by atoms with Gasteiger partial charge in [0.15, 0.2) is 11.5 Å². The molecule has 6 heteroatoms. The molecule has 0 heterocycles. The quantitative estimate of drug-likeness (QED) is 0.464. The van der Waals surface area contributed by atoms with Crippen molar-refractivity contribution in [3.05, 3.63) is 23.8 Å². The molecule has 0 radical (unpaired) electrons. The first-order valence-corrected chi connectivity index (χ1v) is 5.49. The summed E-state index contributed by atoms with van der Waals surface area (Å²) < 4.78 is 10.8. The first-order valence-electron chi connectivity index (χ1n) is 5.49. The number of hydrogen-bond donors (Lipinski definition) is 2. The molecule has 1 rings (SSSR count). The molecule has 0 saturated carbocycles. The summed E-state index contributed by atoms with van der Waals surface area (Å²) in [5.74, 6) is 1.24. The lowest BCUT2D eigenvalue weighted by atomic mass is 10.2. The predicted molar refractivity (Wildman–Crippen MR) is 72.2 cm³/mol. The van der Waals surface area contributed by atoms with Crippen LogP contribution in [0.4, 0.5) is 0 Å². The smallest absolute Gasteiger partial charge is 0.211 e. The third-order valence-corrected chi connectivity index (χ3v) is 1.93. The molecule has 4 N–H and O–H groups in total. The number of hydrogen-bond acceptors (Lipinski definition) is 4. The third-order valence-electron chi connectivity index (χ3n) is 1.93. The Balaban J connectivity index is 2.95. The summed E-state index contributed by atoms with van der Waals surface area (Å²) in [6.07, 6.45) is 1.59. The molecular weight excluding hydrogens is 232 g/mol. The van der Waals surface area contributed by atoms with Gasteiger partial charge in [0.05, 0.1) is 19.4 Å². The van der Waals surface area contributed by atoms with Gasteiger partial charge in [-0.05, 0) is 37.6 Å². The zero-order valence-corrected chi connectivity index (χ0v) is 10.8. The van der Waals surface area contributed by atoms with Gasteiger partial charge < -0.3 is 20.9 Å². The summed E-state index contributed by atoms with van der Waals surface area (Å²) in [6, 6.07) is 5.44. The normalized spacial score (nSPS) is 10.7. The summed E-state index contributed by atoms with van der Waals surface area (Å²) in [5.41, 5.74) is 11.2. The van der Waals surface area contributed by atoms with Crippen LogP contribution < -0.4 is 20.9 Å². The van der Waals surface area contributed by atoms with Gasteiger partial charge in [-0.1, -0.05) is 0 Å². The highest BCUT2D eigenvalue weighted by atomic mass is 16.5. The Morgan fingerprint density at radius 3 is 2.56 bits per heavy atom. The van der Waals surface area contributed by atoms with E-state index >= 15 is 0 Å². The minimum Gasteiger partial charge on any atom is -0.493 e. The maximum absolute atomic E-state index is 5.63. The molecule has 18 heavy (non-hydrogen) atoms. The van der Waals surface area contributed by atoms with E-state index in [0.29, 0.717) is 11.5 Å². The Bertz CT molecular complexity index is 451. The predicted octanol–water partition coefficient (Wildman–Crippen LogP) is 1.09. The number of methoxy groups -OCH3 is 1. The molecular formula is C12H18N4O2. The number of benzene rings is 1. The van der Waals surface area contributed by atoms with Crippen LogP contribution in [-0.2, 0) is 0 Å². The highest BCUT2D eigenvalue weighted by Crippen LogP contribution is 2.28. The number of nitrogens with zero attached hydrogens (tertiary/aromatic N) is 2. The maximum Gasteiger partial charge on any atom is 0.211 e. The van der Waals surface area contributed by atoms with E-state index in [9.17, 15) is 0 Å². The second kappa shape index (κ2) is 6.48. The molecule has 0 fully saturated rings. The lowest BCUT2D eigenvalue weighted by molar-refractivity contribution is 0.230. The van der Waals surface area contributed by atoms with E-state index in [1.54, 1.807) is 13.2 Å². The zero-order valence-electron chi connectivity index (χ0n) is 10.8. The van der Waals surface area contributed by atoms with Crippen LogP contribution in [0.2, 0.25) is 0 Å². The van der Waals surface area contributed by atoms with Crippen LogP contribution >= 0.6 is 0 Å². The Morgan fingerprint density at radius 1 is 1.28 bits per heavy atom. The molecule has 0 amide bonds. The van der Waals surface area contributed by atoms with E-state index in [4.69, 9.17) is 20.9 Å². The lowest BCUT2D eigenvalue weighted by Gasteiger charge is -2.13. The minimum absolute atomic E-state index is 0.0591. The van der Waals surface area contributed by atoms with E-state index in [-0.39, 0.29) is 12.1 Å². The van der Waals surface area contributed by atoms with Crippen molar-refractivity contribution >= 4 is 12.2 Å². The van der Waals surface area contributed by atoms with Crippen LogP contribution in [0.5, 0.6) is 11.5 Å². The summed E-state index contributed by atoms with van der Waals surface area (Å²) in [5, 5.41) is 7.26. The van der Waals surface area contributed by atoms with Gasteiger partial charge in [0.2, 0.25) is 5.96 Å². The van der Waals surface area contributed by atoms with Gasteiger partial charge in [-0.2, -0.15) is 5.10 Å². The molecule has 1 aromatic carbocycles. The Kier molecular flexibility index (Phi) is 4.98. The topological polar surface area (TPSA) is 95.2 Å². The Hall–Kier alpha value is -2.24. The minimum atomic E-state index is -0.0848. The Labute approximate surface area is 106 Å². The van der Waals surface area contributed by atoms with Gasteiger partial charge in [0, 0.05) is 0 Å². The molecule has 0 saturated heterocycles. The van der Waals surface area contributed by atoms with Crippen molar-refractivity contribution in [3.63, 3.8) is 0 Å². The fourth-order valence-electron chi connectivity index (χ4n) is 1.28. The van der Waals surface area contributed by atoms with Crippen LogP contribution in [0, 0.1) is 0 Å². The molecule has 0 bridgehead atoms. The number of guanidine groups is 1. The average Bonchev–Trinajstić information content (AvgIpc) is 2.28. The fraction of sp³-hybridized carbons (Fsp3) is 0.333. The van der Waals surface area contributed by atoms with Crippen LogP contribution in [0.1, 0.15) is 19.4 Å². The van der Waals surface area contributed by atoms with Crippen molar-refractivity contribution in [1.82, 2.24) is 0 Å². The molecule has 0 aliphatic carbocycles. The SMILES string of the molecule is COc1ccc(/C=N\N=C(N)N)cc1OC(C)C. The van der Waals surface area contributed by atoms with E-state index in [1.807, 2.05) is 26.0 Å². The molecule has 0 atom stereocenters. The molecule has 0 aliphatic heterocycles. The summed E-state index contributed by atoms with van der Waals surface area (Å²) >= 11 is 0. The number of ether oxygens (including phenoxy) is 2. The van der Waals surface area contributed by atoms with Crippen molar-refractivity contribution in [3.8, 4) is 11.5 Å². The van der Waals surface area contributed by atoms with E-state index in [1.165, 1.54) is 6.21 Å². The largest absolute Gasteiger partial charge is 0.493 e. The van der Waals surface area contributed by atoms with E-state index in [2.05, 4.69) is 10.2 Å². The Morgan fingerprint density at radius 2 is 2.00 bits per heavy atom. The average molecular weight is 250 g/mol. The van der Waals surface area contributed by atoms with Crippen LogP contribution in [0.3, 0.4) is 0 Å². The maximum atomic E-state index is 5.63. The molecule has 0 aromatic heterocycles. The van der Waals surface area contributed by atoms with E-state index in [0.717, 1.165) is 5.56 Å². The summed E-state index contributed by atoms with van der Waals surface area (Å²) in [7, 11) is 1.59. The van der Waals surface area contributed by atoms with Gasteiger partial charge in [-0.15, -0.1) is 5.10 Å². The summed E-state index contributed by atoms with van der Waals surface area (Å²) in [6.45, 7) is 3.89. The van der Waals surface area contributed by atoms with Crippen molar-refractivity contribution in [1.29, 1.82) is 0 Å². The standard InChI is InChI=1S/C12H18N4O2/c1-8(2)18-11-6-9(4-5-10(11)17-3)7-15-16-12(13)14/h4-8H,1-3H3,(H4,13,14,16)/b15-7-. The molecule has 0 unspecified atom stereocenters. The first-order chi connectivity index (χ1) is 8.52. The van der Waals surface area contributed by atoms with Gasteiger partial charge in [-0.25, -0.2) is 0 Å². The van der Waals surface area contributed by atoms with Crippen LogP contribution in [0.25, 0.3) is 0 Å². The van der Waals surface area contributed by atoms with Gasteiger partial charge in [0.1, 0.15) is 0 Å². The molecule has 0 aliphatic rings. The van der Waals surface area contributed by atoms with Gasteiger partial charge in [0.25, 0.3) is 0 Å². The van der Waals surface area contributed by atoms with Crippen LogP contribution in [0.15, 0.2) is 28.4 Å². The fourth-order valence-corrected chi connectivity index (χ4v) is 1.28. The third kappa shape index (κ3) is 4.32. The van der Waals surface area contributed by atoms with Crippen molar-refractivity contribution in [2.75, 3.05) is 7.11 Å².